The molecule has 12 heavy (non-hydrogen) atoms. The van der Waals surface area contributed by atoms with Crippen LogP contribution in [0.2, 0.25) is 0 Å². The summed E-state index contributed by atoms with van der Waals surface area (Å²) in [6.45, 7) is 2.44. The zero-order valence-corrected chi connectivity index (χ0v) is 6.99. The number of benzene rings is 1. The van der Waals surface area contributed by atoms with Crippen LogP contribution in [0.1, 0.15) is 18.4 Å². The molecule has 1 rings (SSSR count). The third-order valence-electron chi connectivity index (χ3n) is 1.85. The van der Waals surface area contributed by atoms with Crippen LogP contribution < -0.4 is 5.73 Å². The molecule has 1 unspecified atom stereocenters. The van der Waals surface area contributed by atoms with Crippen molar-refractivity contribution in [2.24, 2.45) is 5.73 Å². The average Bonchev–Trinajstić information content (AvgIpc) is 2.01. The Morgan fingerprint density at radius 1 is 1.25 bits per heavy atom. The molecule has 1 atom stereocenters. The van der Waals surface area contributed by atoms with Gasteiger partial charge in [0.25, 0.3) is 0 Å². The van der Waals surface area contributed by atoms with Crippen LogP contribution in [0.3, 0.4) is 0 Å². The molecule has 66 valence electrons. The van der Waals surface area contributed by atoms with Crippen molar-refractivity contribution in [3.05, 3.63) is 23.8 Å². The molecule has 0 aliphatic rings. The summed E-state index contributed by atoms with van der Waals surface area (Å²) in [7, 11) is 0. The first-order chi connectivity index (χ1) is 5.63. The van der Waals surface area contributed by atoms with Gasteiger partial charge in [-0.2, -0.15) is 0 Å². The maximum Gasteiger partial charge on any atom is 0.119 e. The topological polar surface area (TPSA) is 66.5 Å². The van der Waals surface area contributed by atoms with E-state index in [-0.39, 0.29) is 17.4 Å². The van der Waals surface area contributed by atoms with Gasteiger partial charge < -0.3 is 15.9 Å². The minimum absolute atomic E-state index is 0.0744. The van der Waals surface area contributed by atoms with E-state index in [2.05, 4.69) is 0 Å². The lowest BCUT2D eigenvalue weighted by molar-refractivity contribution is 0.448. The molecule has 1 aromatic carbocycles. The van der Waals surface area contributed by atoms with Gasteiger partial charge in [-0.15, -0.1) is 0 Å². The van der Waals surface area contributed by atoms with Crippen molar-refractivity contribution in [3.8, 4) is 11.5 Å². The van der Waals surface area contributed by atoms with Gasteiger partial charge in [-0.25, -0.2) is 0 Å². The van der Waals surface area contributed by atoms with E-state index in [1.54, 1.807) is 12.1 Å². The Kier molecular flexibility index (Phi) is 2.55. The third kappa shape index (κ3) is 1.89. The van der Waals surface area contributed by atoms with Crippen LogP contribution in [-0.4, -0.2) is 16.8 Å². The monoisotopic (exact) mass is 167 g/mol. The molecule has 0 aromatic heterocycles. The fraction of sp³-hybridized carbons (Fsp3) is 0.333. The molecule has 0 aliphatic heterocycles. The van der Waals surface area contributed by atoms with Crippen molar-refractivity contribution < 1.29 is 10.2 Å². The van der Waals surface area contributed by atoms with Crippen molar-refractivity contribution in [2.45, 2.75) is 12.8 Å². The summed E-state index contributed by atoms with van der Waals surface area (Å²) in [5.41, 5.74) is 6.30. The quantitative estimate of drug-likeness (QED) is 0.619. The van der Waals surface area contributed by atoms with E-state index in [1.165, 1.54) is 6.07 Å². The Morgan fingerprint density at radius 2 is 1.75 bits per heavy atom. The van der Waals surface area contributed by atoms with Crippen molar-refractivity contribution >= 4 is 0 Å². The second kappa shape index (κ2) is 3.45. The summed E-state index contributed by atoms with van der Waals surface area (Å²) in [5.74, 6) is 0.304. The summed E-state index contributed by atoms with van der Waals surface area (Å²) < 4.78 is 0. The number of rotatable bonds is 2. The van der Waals surface area contributed by atoms with Crippen LogP contribution >= 0.6 is 0 Å². The Hall–Kier alpha value is -1.22. The molecular formula is C9H13NO2. The van der Waals surface area contributed by atoms with Gasteiger partial charge >= 0.3 is 0 Å². The van der Waals surface area contributed by atoms with Crippen LogP contribution in [0.4, 0.5) is 0 Å². The van der Waals surface area contributed by atoms with Gasteiger partial charge in [-0.1, -0.05) is 6.92 Å². The first-order valence-electron chi connectivity index (χ1n) is 3.86. The van der Waals surface area contributed by atoms with E-state index in [0.717, 1.165) is 5.56 Å². The van der Waals surface area contributed by atoms with Gasteiger partial charge in [0.05, 0.1) is 0 Å². The third-order valence-corrected chi connectivity index (χ3v) is 1.85. The molecular weight excluding hydrogens is 154 g/mol. The predicted molar refractivity (Wildman–Crippen MR) is 47.2 cm³/mol. The second-order valence-electron chi connectivity index (χ2n) is 2.92. The molecule has 0 radical (unpaired) electrons. The molecule has 0 amide bonds. The predicted octanol–water partition coefficient (Wildman–Crippen LogP) is 1.16. The molecule has 0 saturated carbocycles. The van der Waals surface area contributed by atoms with E-state index < -0.39 is 0 Å². The van der Waals surface area contributed by atoms with Crippen molar-refractivity contribution in [2.75, 3.05) is 6.54 Å². The number of phenolic OH excluding ortho intramolecular Hbond substituents is 2. The highest BCUT2D eigenvalue weighted by Crippen LogP contribution is 2.25. The second-order valence-corrected chi connectivity index (χ2v) is 2.92. The van der Waals surface area contributed by atoms with Crippen LogP contribution in [0.5, 0.6) is 11.5 Å². The summed E-state index contributed by atoms with van der Waals surface area (Å²) >= 11 is 0. The molecule has 1 aromatic rings. The fourth-order valence-electron chi connectivity index (χ4n) is 1.04. The molecule has 0 fully saturated rings. The minimum Gasteiger partial charge on any atom is -0.508 e. The average molecular weight is 167 g/mol. The largest absolute Gasteiger partial charge is 0.508 e. The Balaban J connectivity index is 3.00. The summed E-state index contributed by atoms with van der Waals surface area (Å²) in [4.78, 5) is 0. The first-order valence-corrected chi connectivity index (χ1v) is 3.86. The summed E-state index contributed by atoms with van der Waals surface area (Å²) in [6.07, 6.45) is 0. The number of aromatic hydroxyl groups is 2. The van der Waals surface area contributed by atoms with Crippen molar-refractivity contribution in [1.82, 2.24) is 0 Å². The molecule has 3 nitrogen and oxygen atoms in total. The molecule has 0 heterocycles. The van der Waals surface area contributed by atoms with Crippen molar-refractivity contribution in [3.63, 3.8) is 0 Å². The standard InChI is InChI=1S/C9H13NO2/c1-6(5-10)7-2-8(11)4-9(12)3-7/h2-4,6,11-12H,5,10H2,1H3. The van der Waals surface area contributed by atoms with Crippen LogP contribution in [-0.2, 0) is 0 Å². The number of phenols is 2. The Morgan fingerprint density at radius 3 is 2.17 bits per heavy atom. The highest BCUT2D eigenvalue weighted by molar-refractivity contribution is 5.38. The molecule has 0 spiro atoms. The zero-order valence-electron chi connectivity index (χ0n) is 6.99. The molecule has 4 N–H and O–H groups in total. The lowest BCUT2D eigenvalue weighted by Gasteiger charge is -2.09. The van der Waals surface area contributed by atoms with E-state index in [0.29, 0.717) is 6.54 Å². The lowest BCUT2D eigenvalue weighted by Crippen LogP contribution is -2.08. The van der Waals surface area contributed by atoms with Gasteiger partial charge in [0.2, 0.25) is 0 Å². The highest BCUT2D eigenvalue weighted by atomic mass is 16.3. The molecule has 0 bridgehead atoms. The number of nitrogens with two attached hydrogens (primary N) is 1. The maximum atomic E-state index is 9.14. The van der Waals surface area contributed by atoms with Gasteiger partial charge in [-0.05, 0) is 30.2 Å². The van der Waals surface area contributed by atoms with E-state index in [1.807, 2.05) is 6.92 Å². The summed E-state index contributed by atoms with van der Waals surface area (Å²) in [5, 5.41) is 18.3. The summed E-state index contributed by atoms with van der Waals surface area (Å²) in [6, 6.07) is 4.52. The van der Waals surface area contributed by atoms with Gasteiger partial charge in [0.1, 0.15) is 11.5 Å². The number of hydrogen-bond donors (Lipinski definition) is 3. The number of hydrogen-bond acceptors (Lipinski definition) is 3. The van der Waals surface area contributed by atoms with Crippen molar-refractivity contribution in [1.29, 1.82) is 0 Å². The minimum atomic E-state index is 0.0744. The van der Waals surface area contributed by atoms with Crippen LogP contribution in [0.15, 0.2) is 18.2 Å². The Labute approximate surface area is 71.5 Å². The molecule has 3 heteroatoms. The molecule has 0 aliphatic carbocycles. The van der Waals surface area contributed by atoms with Crippen LogP contribution in [0, 0.1) is 0 Å². The van der Waals surface area contributed by atoms with E-state index >= 15 is 0 Å². The van der Waals surface area contributed by atoms with Gasteiger partial charge in [-0.3, -0.25) is 0 Å². The lowest BCUT2D eigenvalue weighted by atomic mass is 10.0. The fourth-order valence-corrected chi connectivity index (χ4v) is 1.04. The van der Waals surface area contributed by atoms with Crippen LogP contribution in [0.25, 0.3) is 0 Å². The zero-order chi connectivity index (χ0) is 9.14. The maximum absolute atomic E-state index is 9.14. The SMILES string of the molecule is CC(CN)c1cc(O)cc(O)c1. The first kappa shape index (κ1) is 8.87. The highest BCUT2D eigenvalue weighted by Gasteiger charge is 2.05. The van der Waals surface area contributed by atoms with Gasteiger partial charge in [0.15, 0.2) is 0 Å². The molecule has 0 saturated heterocycles. The smallest absolute Gasteiger partial charge is 0.119 e. The van der Waals surface area contributed by atoms with E-state index in [4.69, 9.17) is 15.9 Å². The van der Waals surface area contributed by atoms with E-state index in [9.17, 15) is 0 Å². The van der Waals surface area contributed by atoms with Gasteiger partial charge in [0, 0.05) is 6.07 Å². The Bertz CT molecular complexity index is 253. The normalized spacial score (nSPS) is 12.8.